The van der Waals surface area contributed by atoms with Crippen molar-refractivity contribution in [3.63, 3.8) is 0 Å². The summed E-state index contributed by atoms with van der Waals surface area (Å²) in [6.07, 6.45) is -0.435. The molecule has 0 amide bonds. The molecule has 1 saturated heterocycles. The smallest absolute Gasteiger partial charge is 0.203 e. The number of nitrogens with zero attached hydrogens (tertiary/aromatic N) is 1. The topological polar surface area (TPSA) is 12.5 Å². The van der Waals surface area contributed by atoms with E-state index in [4.69, 9.17) is 4.74 Å². The summed E-state index contributed by atoms with van der Waals surface area (Å²) < 4.78 is 56.7. The molecular weight excluding hydrogens is 262 g/mol. The molecule has 0 unspecified atom stereocenters. The van der Waals surface area contributed by atoms with Gasteiger partial charge in [0.15, 0.2) is 17.4 Å². The highest BCUT2D eigenvalue weighted by molar-refractivity contribution is 5.85. The number of likely N-dealkylation sites (tertiary alicyclic amines) is 1. The summed E-state index contributed by atoms with van der Waals surface area (Å²) in [6, 6.07) is 0.157. The van der Waals surface area contributed by atoms with Crippen molar-refractivity contribution >= 4 is 12.4 Å². The third-order valence-electron chi connectivity index (χ3n) is 2.39. The summed E-state index contributed by atoms with van der Waals surface area (Å²) in [4.78, 5) is 1.84. The first kappa shape index (κ1) is 14.1. The number of benzene rings is 1. The lowest BCUT2D eigenvalue weighted by molar-refractivity contribution is 0.0320. The van der Waals surface area contributed by atoms with Crippen LogP contribution in [0, 0.1) is 23.3 Å². The molecule has 1 aliphatic heterocycles. The molecule has 1 aromatic rings. The fourth-order valence-corrected chi connectivity index (χ4v) is 1.54. The van der Waals surface area contributed by atoms with Crippen LogP contribution in [0.4, 0.5) is 17.6 Å². The highest BCUT2D eigenvalue weighted by Crippen LogP contribution is 2.28. The van der Waals surface area contributed by atoms with Crippen molar-refractivity contribution in [3.05, 3.63) is 29.3 Å². The van der Waals surface area contributed by atoms with Crippen LogP contribution in [0.5, 0.6) is 5.75 Å². The van der Waals surface area contributed by atoms with Crippen molar-refractivity contribution in [1.29, 1.82) is 0 Å². The molecule has 17 heavy (non-hydrogen) atoms. The first-order valence-corrected chi connectivity index (χ1v) is 4.67. The maximum absolute atomic E-state index is 13.1. The van der Waals surface area contributed by atoms with E-state index in [9.17, 15) is 17.6 Å². The van der Waals surface area contributed by atoms with Crippen LogP contribution in [0.1, 0.15) is 0 Å². The lowest BCUT2D eigenvalue weighted by atomic mass is 10.2. The molecule has 0 atom stereocenters. The van der Waals surface area contributed by atoms with Gasteiger partial charge in [0, 0.05) is 19.2 Å². The Labute approximate surface area is 102 Å². The second-order valence-corrected chi connectivity index (χ2v) is 3.76. The summed E-state index contributed by atoms with van der Waals surface area (Å²) in [7, 11) is 1.79. The zero-order valence-corrected chi connectivity index (χ0v) is 9.66. The fourth-order valence-electron chi connectivity index (χ4n) is 1.54. The van der Waals surface area contributed by atoms with Crippen LogP contribution >= 0.6 is 12.4 Å². The van der Waals surface area contributed by atoms with Gasteiger partial charge in [-0.2, -0.15) is 8.78 Å². The Kier molecular flexibility index (Phi) is 4.21. The zero-order chi connectivity index (χ0) is 11.9. The van der Waals surface area contributed by atoms with E-state index in [-0.39, 0.29) is 18.5 Å². The summed E-state index contributed by atoms with van der Waals surface area (Å²) in [5.74, 6) is -6.87. The van der Waals surface area contributed by atoms with E-state index in [1.165, 1.54) is 0 Å². The number of hydrogen-bond acceptors (Lipinski definition) is 2. The van der Waals surface area contributed by atoms with Crippen molar-refractivity contribution in [2.75, 3.05) is 20.1 Å². The molecule has 1 heterocycles. The molecule has 0 aliphatic carbocycles. The minimum atomic E-state index is -1.49. The largest absolute Gasteiger partial charge is 0.481 e. The molecule has 0 bridgehead atoms. The maximum atomic E-state index is 13.1. The second-order valence-electron chi connectivity index (χ2n) is 3.76. The van der Waals surface area contributed by atoms with Crippen LogP contribution in [0.15, 0.2) is 6.07 Å². The Morgan fingerprint density at radius 1 is 1.12 bits per heavy atom. The van der Waals surface area contributed by atoms with Gasteiger partial charge in [0.05, 0.1) is 0 Å². The number of ether oxygens (including phenoxy) is 1. The molecule has 1 aliphatic rings. The molecule has 1 fully saturated rings. The molecule has 0 radical (unpaired) electrons. The number of hydrogen-bond donors (Lipinski definition) is 0. The quantitative estimate of drug-likeness (QED) is 0.605. The van der Waals surface area contributed by atoms with Crippen LogP contribution in [0.2, 0.25) is 0 Å². The summed E-state index contributed by atoms with van der Waals surface area (Å²) in [6.45, 7) is 0.939. The van der Waals surface area contributed by atoms with Gasteiger partial charge in [0.25, 0.3) is 0 Å². The maximum Gasteiger partial charge on any atom is 0.203 e. The first-order chi connectivity index (χ1) is 7.49. The van der Waals surface area contributed by atoms with E-state index in [2.05, 4.69) is 0 Å². The fraction of sp³-hybridized carbons (Fsp3) is 0.400. The van der Waals surface area contributed by atoms with Crippen LogP contribution in [-0.4, -0.2) is 31.1 Å². The van der Waals surface area contributed by atoms with Crippen molar-refractivity contribution in [2.45, 2.75) is 6.10 Å². The molecule has 2 nitrogen and oxygen atoms in total. The van der Waals surface area contributed by atoms with E-state index in [0.717, 1.165) is 0 Å². The minimum Gasteiger partial charge on any atom is -0.481 e. The summed E-state index contributed by atoms with van der Waals surface area (Å²) >= 11 is 0. The van der Waals surface area contributed by atoms with Gasteiger partial charge in [-0.1, -0.05) is 0 Å². The highest BCUT2D eigenvalue weighted by Gasteiger charge is 2.29. The molecule has 2 rings (SSSR count). The first-order valence-electron chi connectivity index (χ1n) is 4.67. The van der Waals surface area contributed by atoms with Gasteiger partial charge in [-0.15, -0.1) is 12.4 Å². The van der Waals surface area contributed by atoms with Gasteiger partial charge in [-0.25, -0.2) is 8.78 Å². The molecule has 96 valence electrons. The number of rotatable bonds is 2. The van der Waals surface area contributed by atoms with Crippen LogP contribution < -0.4 is 4.74 Å². The SMILES string of the molecule is CN1CC(Oc2c(F)c(F)cc(F)c2F)C1.Cl. The van der Waals surface area contributed by atoms with Crippen LogP contribution in [0.25, 0.3) is 0 Å². The van der Waals surface area contributed by atoms with E-state index in [1.54, 1.807) is 7.05 Å². The normalized spacial score (nSPS) is 16.3. The Bertz CT molecular complexity index is 397. The minimum absolute atomic E-state index is 0. The molecular formula is C10H10ClF4NO. The number of likely N-dealkylation sites (N-methyl/N-ethyl adjacent to an activating group) is 1. The molecule has 0 saturated carbocycles. The highest BCUT2D eigenvalue weighted by atomic mass is 35.5. The van der Waals surface area contributed by atoms with Gasteiger partial charge in [-0.3, -0.25) is 4.90 Å². The van der Waals surface area contributed by atoms with Gasteiger partial charge in [0.1, 0.15) is 6.10 Å². The van der Waals surface area contributed by atoms with Crippen molar-refractivity contribution in [3.8, 4) is 5.75 Å². The predicted octanol–water partition coefficient (Wildman–Crippen LogP) is 2.36. The summed E-state index contributed by atoms with van der Waals surface area (Å²) in [5, 5.41) is 0. The standard InChI is InChI=1S/C10H9F4NO.ClH/c1-15-3-5(4-15)16-10-8(13)6(11)2-7(12)9(10)14;/h2,5H,3-4H2,1H3;1H. The van der Waals surface area contributed by atoms with Crippen molar-refractivity contribution in [1.82, 2.24) is 4.90 Å². The van der Waals surface area contributed by atoms with E-state index >= 15 is 0 Å². The average molecular weight is 272 g/mol. The predicted molar refractivity (Wildman–Crippen MR) is 55.4 cm³/mol. The Balaban J connectivity index is 0.00000144. The molecule has 1 aromatic carbocycles. The van der Waals surface area contributed by atoms with Gasteiger partial charge < -0.3 is 4.74 Å². The lowest BCUT2D eigenvalue weighted by Gasteiger charge is -2.36. The lowest BCUT2D eigenvalue weighted by Crippen LogP contribution is -2.51. The Hall–Kier alpha value is -1.01. The molecule has 7 heteroatoms. The molecule has 0 N–H and O–H groups in total. The van der Waals surface area contributed by atoms with E-state index in [0.29, 0.717) is 13.1 Å². The summed E-state index contributed by atoms with van der Waals surface area (Å²) in [5.41, 5.74) is 0. The van der Waals surface area contributed by atoms with E-state index in [1.807, 2.05) is 4.90 Å². The zero-order valence-electron chi connectivity index (χ0n) is 8.84. The monoisotopic (exact) mass is 271 g/mol. The second kappa shape index (κ2) is 5.10. The van der Waals surface area contributed by atoms with Crippen molar-refractivity contribution < 1.29 is 22.3 Å². The van der Waals surface area contributed by atoms with Gasteiger partial charge >= 0.3 is 0 Å². The Morgan fingerprint density at radius 3 is 2.00 bits per heavy atom. The average Bonchev–Trinajstić information content (AvgIpc) is 2.18. The molecule has 0 aromatic heterocycles. The molecule has 0 spiro atoms. The third-order valence-corrected chi connectivity index (χ3v) is 2.39. The number of halogens is 5. The van der Waals surface area contributed by atoms with Gasteiger partial charge in [-0.05, 0) is 7.05 Å². The van der Waals surface area contributed by atoms with E-state index < -0.39 is 35.1 Å². The van der Waals surface area contributed by atoms with Crippen molar-refractivity contribution in [2.24, 2.45) is 0 Å². The Morgan fingerprint density at radius 2 is 1.59 bits per heavy atom. The third kappa shape index (κ3) is 2.63. The van der Waals surface area contributed by atoms with Crippen LogP contribution in [-0.2, 0) is 0 Å². The van der Waals surface area contributed by atoms with Gasteiger partial charge in [0.2, 0.25) is 11.6 Å². The van der Waals surface area contributed by atoms with Crippen LogP contribution in [0.3, 0.4) is 0 Å².